The highest BCUT2D eigenvalue weighted by molar-refractivity contribution is 7.99. The standard InChI is InChI=1S/C19H19N3O3S/c1-24-16-9-5-6-10-17(16)25-11-12-26-19-20-18(23)15(21-22-19)13-14-7-3-2-4-8-14/h2-10H,11-13H2,1H3,(H,20,22,23). The van der Waals surface area contributed by atoms with Crippen LogP contribution in [0.5, 0.6) is 11.5 Å². The van der Waals surface area contributed by atoms with Crippen molar-refractivity contribution in [2.45, 2.75) is 11.6 Å². The van der Waals surface area contributed by atoms with Crippen molar-refractivity contribution in [3.8, 4) is 11.5 Å². The summed E-state index contributed by atoms with van der Waals surface area (Å²) in [5.74, 6) is 2.00. The van der Waals surface area contributed by atoms with Crippen LogP contribution in [0, 0.1) is 0 Å². The summed E-state index contributed by atoms with van der Waals surface area (Å²) in [4.78, 5) is 14.9. The van der Waals surface area contributed by atoms with Crippen LogP contribution in [-0.2, 0) is 6.42 Å². The summed E-state index contributed by atoms with van der Waals surface area (Å²) in [6.45, 7) is 0.459. The van der Waals surface area contributed by atoms with Gasteiger partial charge >= 0.3 is 0 Å². The summed E-state index contributed by atoms with van der Waals surface area (Å²) in [5.41, 5.74) is 1.22. The van der Waals surface area contributed by atoms with Crippen LogP contribution < -0.4 is 15.0 Å². The molecule has 134 valence electrons. The fraction of sp³-hybridized carbons (Fsp3) is 0.211. The zero-order valence-electron chi connectivity index (χ0n) is 14.3. The van der Waals surface area contributed by atoms with Crippen LogP contribution in [0.2, 0.25) is 0 Å². The van der Waals surface area contributed by atoms with E-state index in [2.05, 4.69) is 15.2 Å². The Labute approximate surface area is 155 Å². The van der Waals surface area contributed by atoms with E-state index in [-0.39, 0.29) is 5.56 Å². The van der Waals surface area contributed by atoms with E-state index in [1.165, 1.54) is 11.8 Å². The lowest BCUT2D eigenvalue weighted by Gasteiger charge is -2.09. The average molecular weight is 369 g/mol. The number of hydrogen-bond acceptors (Lipinski definition) is 6. The lowest BCUT2D eigenvalue weighted by Crippen LogP contribution is -2.18. The molecule has 0 aliphatic heterocycles. The first-order chi connectivity index (χ1) is 12.8. The number of ether oxygens (including phenoxy) is 2. The molecule has 3 rings (SSSR count). The molecule has 0 atom stereocenters. The topological polar surface area (TPSA) is 77.1 Å². The number of rotatable bonds is 8. The Morgan fingerprint density at radius 2 is 1.73 bits per heavy atom. The van der Waals surface area contributed by atoms with Gasteiger partial charge in [0.15, 0.2) is 16.7 Å². The maximum atomic E-state index is 12.2. The van der Waals surface area contributed by atoms with Gasteiger partial charge in [-0.05, 0) is 17.7 Å². The van der Waals surface area contributed by atoms with Gasteiger partial charge in [0.1, 0.15) is 5.69 Å². The Kier molecular flexibility index (Phi) is 6.27. The molecule has 6 nitrogen and oxygen atoms in total. The van der Waals surface area contributed by atoms with Gasteiger partial charge in [-0.2, -0.15) is 0 Å². The number of aromatic amines is 1. The van der Waals surface area contributed by atoms with E-state index < -0.39 is 0 Å². The second kappa shape index (κ2) is 9.05. The number of para-hydroxylation sites is 2. The molecule has 0 bridgehead atoms. The van der Waals surface area contributed by atoms with Crippen molar-refractivity contribution in [2.24, 2.45) is 0 Å². The van der Waals surface area contributed by atoms with E-state index in [0.29, 0.717) is 41.1 Å². The smallest absolute Gasteiger partial charge is 0.273 e. The molecule has 0 spiro atoms. The van der Waals surface area contributed by atoms with Gasteiger partial charge in [0.25, 0.3) is 5.56 Å². The van der Waals surface area contributed by atoms with E-state index in [0.717, 1.165) is 5.56 Å². The number of nitrogens with one attached hydrogen (secondary N) is 1. The monoisotopic (exact) mass is 369 g/mol. The van der Waals surface area contributed by atoms with Gasteiger partial charge in [-0.3, -0.25) is 9.78 Å². The molecule has 0 amide bonds. The van der Waals surface area contributed by atoms with Gasteiger partial charge in [-0.15, -0.1) is 10.2 Å². The average Bonchev–Trinajstić information content (AvgIpc) is 2.68. The molecular weight excluding hydrogens is 350 g/mol. The van der Waals surface area contributed by atoms with Crippen molar-refractivity contribution < 1.29 is 9.47 Å². The SMILES string of the molecule is COc1ccccc1OCCSc1nnc(Cc2ccccc2)c(=O)[nH]1. The number of aromatic nitrogens is 3. The first kappa shape index (κ1) is 18.0. The van der Waals surface area contributed by atoms with Crippen molar-refractivity contribution in [1.29, 1.82) is 0 Å². The van der Waals surface area contributed by atoms with Crippen LogP contribution >= 0.6 is 11.8 Å². The summed E-state index contributed by atoms with van der Waals surface area (Å²) in [6.07, 6.45) is 0.463. The second-order valence-corrected chi connectivity index (χ2v) is 6.50. The van der Waals surface area contributed by atoms with E-state index in [4.69, 9.17) is 9.47 Å². The number of methoxy groups -OCH3 is 1. The third-order valence-electron chi connectivity index (χ3n) is 3.61. The van der Waals surface area contributed by atoms with Gasteiger partial charge in [-0.25, -0.2) is 0 Å². The van der Waals surface area contributed by atoms with Gasteiger partial charge in [-0.1, -0.05) is 54.2 Å². The number of nitrogens with zero attached hydrogens (tertiary/aromatic N) is 2. The zero-order chi connectivity index (χ0) is 18.2. The zero-order valence-corrected chi connectivity index (χ0v) is 15.2. The van der Waals surface area contributed by atoms with Crippen LogP contribution in [0.25, 0.3) is 0 Å². The van der Waals surface area contributed by atoms with Gasteiger partial charge < -0.3 is 9.47 Å². The van der Waals surface area contributed by atoms with Crippen molar-refractivity contribution in [3.05, 3.63) is 76.2 Å². The van der Waals surface area contributed by atoms with Crippen LogP contribution in [0.4, 0.5) is 0 Å². The lowest BCUT2D eigenvalue weighted by molar-refractivity contribution is 0.313. The molecule has 0 unspecified atom stereocenters. The Bertz CT molecular complexity index is 900. The first-order valence-electron chi connectivity index (χ1n) is 8.14. The van der Waals surface area contributed by atoms with E-state index in [1.807, 2.05) is 54.6 Å². The van der Waals surface area contributed by atoms with Crippen LogP contribution in [0.15, 0.2) is 64.5 Å². The van der Waals surface area contributed by atoms with Crippen LogP contribution in [0.1, 0.15) is 11.3 Å². The molecule has 0 fully saturated rings. The number of thioether (sulfide) groups is 1. The molecule has 0 radical (unpaired) electrons. The Hall–Kier alpha value is -2.80. The minimum absolute atomic E-state index is 0.211. The lowest BCUT2D eigenvalue weighted by atomic mass is 10.1. The quantitative estimate of drug-likeness (QED) is 0.486. The first-order valence-corrected chi connectivity index (χ1v) is 9.13. The van der Waals surface area contributed by atoms with Crippen molar-refractivity contribution in [2.75, 3.05) is 19.5 Å². The number of hydrogen-bond donors (Lipinski definition) is 1. The molecular formula is C19H19N3O3S. The van der Waals surface area contributed by atoms with E-state index in [1.54, 1.807) is 7.11 Å². The maximum absolute atomic E-state index is 12.2. The van der Waals surface area contributed by atoms with Crippen molar-refractivity contribution >= 4 is 11.8 Å². The minimum atomic E-state index is -0.211. The Balaban J connectivity index is 1.53. The third-order valence-corrected chi connectivity index (χ3v) is 4.44. The fourth-order valence-electron chi connectivity index (χ4n) is 2.34. The Morgan fingerprint density at radius 1 is 1.00 bits per heavy atom. The highest BCUT2D eigenvalue weighted by Crippen LogP contribution is 2.26. The summed E-state index contributed by atoms with van der Waals surface area (Å²) < 4.78 is 10.9. The van der Waals surface area contributed by atoms with E-state index >= 15 is 0 Å². The third kappa shape index (κ3) is 4.86. The molecule has 26 heavy (non-hydrogen) atoms. The molecule has 0 aliphatic rings. The van der Waals surface area contributed by atoms with Gasteiger partial charge in [0.2, 0.25) is 0 Å². The van der Waals surface area contributed by atoms with Crippen molar-refractivity contribution in [3.63, 3.8) is 0 Å². The highest BCUT2D eigenvalue weighted by atomic mass is 32.2. The summed E-state index contributed by atoms with van der Waals surface area (Å²) in [5, 5.41) is 8.64. The molecule has 2 aromatic carbocycles. The van der Waals surface area contributed by atoms with Crippen molar-refractivity contribution in [1.82, 2.24) is 15.2 Å². The van der Waals surface area contributed by atoms with Gasteiger partial charge in [0, 0.05) is 12.2 Å². The normalized spacial score (nSPS) is 10.5. The number of benzene rings is 2. The highest BCUT2D eigenvalue weighted by Gasteiger charge is 2.07. The second-order valence-electron chi connectivity index (χ2n) is 5.42. The molecule has 1 aromatic heterocycles. The molecule has 1 N–H and O–H groups in total. The van der Waals surface area contributed by atoms with Crippen LogP contribution in [0.3, 0.4) is 0 Å². The predicted octanol–water partition coefficient (Wildman–Crippen LogP) is 2.94. The summed E-state index contributed by atoms with van der Waals surface area (Å²) in [6, 6.07) is 17.2. The van der Waals surface area contributed by atoms with Gasteiger partial charge in [0.05, 0.1) is 13.7 Å². The molecule has 3 aromatic rings. The maximum Gasteiger partial charge on any atom is 0.273 e. The molecule has 1 heterocycles. The summed E-state index contributed by atoms with van der Waals surface area (Å²) >= 11 is 1.39. The minimum Gasteiger partial charge on any atom is -0.493 e. The Morgan fingerprint density at radius 3 is 2.46 bits per heavy atom. The van der Waals surface area contributed by atoms with Crippen LogP contribution in [-0.4, -0.2) is 34.7 Å². The predicted molar refractivity (Wildman–Crippen MR) is 101 cm³/mol. The largest absolute Gasteiger partial charge is 0.493 e. The molecule has 0 aliphatic carbocycles. The number of H-pyrrole nitrogens is 1. The van der Waals surface area contributed by atoms with E-state index in [9.17, 15) is 4.79 Å². The summed E-state index contributed by atoms with van der Waals surface area (Å²) in [7, 11) is 1.61. The molecule has 0 saturated carbocycles. The molecule has 7 heteroatoms. The molecule has 0 saturated heterocycles. The fourth-order valence-corrected chi connectivity index (χ4v) is 2.97.